The van der Waals surface area contributed by atoms with Gasteiger partial charge in [-0.1, -0.05) is 0 Å². The van der Waals surface area contributed by atoms with Crippen molar-refractivity contribution in [3.63, 3.8) is 0 Å². The Hall–Kier alpha value is -2.22. The molecule has 18 heavy (non-hydrogen) atoms. The third-order valence-electron chi connectivity index (χ3n) is 3.20. The molecule has 0 spiro atoms. The van der Waals surface area contributed by atoms with Crippen molar-refractivity contribution in [1.29, 1.82) is 5.26 Å². The van der Waals surface area contributed by atoms with Gasteiger partial charge in [0.05, 0.1) is 6.07 Å². The molecule has 92 valence electrons. The summed E-state index contributed by atoms with van der Waals surface area (Å²) in [5.74, 6) is 1.07. The third-order valence-corrected chi connectivity index (χ3v) is 3.20. The van der Waals surface area contributed by atoms with Gasteiger partial charge in [-0.25, -0.2) is 0 Å². The van der Waals surface area contributed by atoms with Gasteiger partial charge in [0.15, 0.2) is 11.5 Å². The number of nitriles is 1. The van der Waals surface area contributed by atoms with Gasteiger partial charge in [-0.3, -0.25) is 4.79 Å². The molecule has 1 fully saturated rings. The Labute approximate surface area is 104 Å². The van der Waals surface area contributed by atoms with Gasteiger partial charge in [0, 0.05) is 11.8 Å². The van der Waals surface area contributed by atoms with Crippen LogP contribution in [-0.4, -0.2) is 19.1 Å². The Balaban J connectivity index is 1.78. The van der Waals surface area contributed by atoms with Gasteiger partial charge in [0.2, 0.25) is 5.91 Å². The van der Waals surface area contributed by atoms with Crippen molar-refractivity contribution >= 4 is 11.6 Å². The Bertz CT molecular complexity index is 544. The first-order chi connectivity index (χ1) is 8.73. The molecule has 0 radical (unpaired) electrons. The molecule has 0 atom stereocenters. The lowest BCUT2D eigenvalue weighted by Gasteiger charge is -2.19. The highest BCUT2D eigenvalue weighted by Gasteiger charge is 2.50. The molecule has 0 aromatic heterocycles. The molecule has 2 aliphatic rings. The molecule has 1 saturated carbocycles. The van der Waals surface area contributed by atoms with Gasteiger partial charge < -0.3 is 14.8 Å². The van der Waals surface area contributed by atoms with Crippen LogP contribution in [0.1, 0.15) is 12.8 Å². The molecule has 0 unspecified atom stereocenters. The maximum absolute atomic E-state index is 11.9. The van der Waals surface area contributed by atoms with Crippen LogP contribution in [0.5, 0.6) is 11.5 Å². The monoisotopic (exact) mass is 244 g/mol. The summed E-state index contributed by atoms with van der Waals surface area (Å²) in [6.07, 6.45) is 1.28. The summed E-state index contributed by atoms with van der Waals surface area (Å²) in [6.45, 7) is 1.04. The Morgan fingerprint density at radius 3 is 2.67 bits per heavy atom. The minimum Gasteiger partial charge on any atom is -0.486 e. The van der Waals surface area contributed by atoms with Crippen LogP contribution in [0.15, 0.2) is 18.2 Å². The molecule has 1 heterocycles. The molecule has 3 rings (SSSR count). The number of carbonyl (C=O) groups excluding carboxylic acids is 1. The summed E-state index contributed by atoms with van der Waals surface area (Å²) in [6, 6.07) is 7.30. The van der Waals surface area contributed by atoms with Gasteiger partial charge in [0.25, 0.3) is 0 Å². The fraction of sp³-hybridized carbons (Fsp3) is 0.385. The third kappa shape index (κ3) is 1.76. The second-order valence-corrected chi connectivity index (χ2v) is 4.51. The van der Waals surface area contributed by atoms with Crippen molar-refractivity contribution in [2.24, 2.45) is 5.41 Å². The van der Waals surface area contributed by atoms with Crippen molar-refractivity contribution in [1.82, 2.24) is 0 Å². The number of anilines is 1. The van der Waals surface area contributed by atoms with E-state index < -0.39 is 5.41 Å². The van der Waals surface area contributed by atoms with Crippen molar-refractivity contribution in [3.8, 4) is 17.6 Å². The van der Waals surface area contributed by atoms with Crippen LogP contribution in [0.2, 0.25) is 0 Å². The van der Waals surface area contributed by atoms with Gasteiger partial charge in [-0.15, -0.1) is 0 Å². The molecule has 1 aromatic carbocycles. The van der Waals surface area contributed by atoms with Crippen LogP contribution in [0, 0.1) is 16.7 Å². The molecular formula is C13H12N2O3. The predicted molar refractivity (Wildman–Crippen MR) is 63.3 cm³/mol. The SMILES string of the molecule is N#CC1(C(=O)Nc2ccc3c(c2)OCCO3)CC1. The number of nitrogens with zero attached hydrogens (tertiary/aromatic N) is 1. The summed E-state index contributed by atoms with van der Waals surface area (Å²) in [4.78, 5) is 11.9. The zero-order valence-electron chi connectivity index (χ0n) is 9.73. The van der Waals surface area contributed by atoms with Crippen LogP contribution >= 0.6 is 0 Å². The molecular weight excluding hydrogens is 232 g/mol. The van der Waals surface area contributed by atoms with Crippen LogP contribution in [0.3, 0.4) is 0 Å². The number of carbonyl (C=O) groups is 1. The molecule has 5 heteroatoms. The van der Waals surface area contributed by atoms with E-state index in [4.69, 9.17) is 14.7 Å². The molecule has 0 bridgehead atoms. The highest BCUT2D eigenvalue weighted by atomic mass is 16.6. The fourth-order valence-corrected chi connectivity index (χ4v) is 1.89. The second kappa shape index (κ2) is 3.91. The maximum Gasteiger partial charge on any atom is 0.244 e. The highest BCUT2D eigenvalue weighted by molar-refractivity contribution is 5.99. The quantitative estimate of drug-likeness (QED) is 0.859. The largest absolute Gasteiger partial charge is 0.486 e. The van der Waals surface area contributed by atoms with Crippen molar-refractivity contribution in [3.05, 3.63) is 18.2 Å². The number of hydrogen-bond acceptors (Lipinski definition) is 4. The van der Waals surface area contributed by atoms with E-state index in [1.165, 1.54) is 0 Å². The number of benzene rings is 1. The summed E-state index contributed by atoms with van der Waals surface area (Å²) in [7, 11) is 0. The number of nitrogens with one attached hydrogen (secondary N) is 1. The van der Waals surface area contributed by atoms with E-state index in [0.29, 0.717) is 43.2 Å². The first-order valence-corrected chi connectivity index (χ1v) is 5.86. The van der Waals surface area contributed by atoms with E-state index in [1.807, 2.05) is 0 Å². The lowest BCUT2D eigenvalue weighted by Crippen LogP contribution is -2.23. The summed E-state index contributed by atoms with van der Waals surface area (Å²) >= 11 is 0. The van der Waals surface area contributed by atoms with Gasteiger partial charge in [0.1, 0.15) is 18.6 Å². The van der Waals surface area contributed by atoms with Gasteiger partial charge >= 0.3 is 0 Å². The minimum absolute atomic E-state index is 0.235. The number of rotatable bonds is 2. The number of fused-ring (bicyclic) bond motifs is 1. The Morgan fingerprint density at radius 2 is 2.00 bits per heavy atom. The van der Waals surface area contributed by atoms with Crippen LogP contribution in [-0.2, 0) is 4.79 Å². The van der Waals surface area contributed by atoms with E-state index in [1.54, 1.807) is 18.2 Å². The number of amides is 1. The van der Waals surface area contributed by atoms with Crippen LogP contribution in [0.25, 0.3) is 0 Å². The molecule has 5 nitrogen and oxygen atoms in total. The molecule has 1 aromatic rings. The Morgan fingerprint density at radius 1 is 1.28 bits per heavy atom. The number of ether oxygens (including phenoxy) is 2. The smallest absolute Gasteiger partial charge is 0.244 e. The average Bonchev–Trinajstić information content (AvgIpc) is 3.19. The van der Waals surface area contributed by atoms with Crippen molar-refractivity contribution in [2.45, 2.75) is 12.8 Å². The van der Waals surface area contributed by atoms with E-state index in [2.05, 4.69) is 11.4 Å². The van der Waals surface area contributed by atoms with Crippen LogP contribution in [0.4, 0.5) is 5.69 Å². The van der Waals surface area contributed by atoms with E-state index in [9.17, 15) is 4.79 Å². The van der Waals surface area contributed by atoms with E-state index in [0.717, 1.165) is 0 Å². The lowest BCUT2D eigenvalue weighted by molar-refractivity contribution is -0.119. The van der Waals surface area contributed by atoms with Crippen molar-refractivity contribution < 1.29 is 14.3 Å². The first-order valence-electron chi connectivity index (χ1n) is 5.86. The topological polar surface area (TPSA) is 71.4 Å². The Kier molecular flexibility index (Phi) is 2.37. The zero-order valence-corrected chi connectivity index (χ0v) is 9.73. The maximum atomic E-state index is 11.9. The predicted octanol–water partition coefficient (Wildman–Crippen LogP) is 1.70. The zero-order chi connectivity index (χ0) is 12.6. The average molecular weight is 244 g/mol. The summed E-state index contributed by atoms with van der Waals surface area (Å²) in [5, 5.41) is 11.7. The molecule has 1 aliphatic carbocycles. The van der Waals surface area contributed by atoms with Gasteiger partial charge in [-0.05, 0) is 25.0 Å². The lowest BCUT2D eigenvalue weighted by atomic mass is 10.1. The highest BCUT2D eigenvalue weighted by Crippen LogP contribution is 2.46. The molecule has 1 amide bonds. The standard InChI is InChI=1S/C13H12N2O3/c14-8-13(3-4-13)12(16)15-9-1-2-10-11(7-9)18-6-5-17-10/h1-2,7H,3-6H2,(H,15,16). The first kappa shape index (κ1) is 10.9. The minimum atomic E-state index is -0.812. The van der Waals surface area contributed by atoms with E-state index in [-0.39, 0.29) is 5.91 Å². The molecule has 1 N–H and O–H groups in total. The summed E-state index contributed by atoms with van der Waals surface area (Å²) in [5.41, 5.74) is -0.182. The summed E-state index contributed by atoms with van der Waals surface area (Å²) < 4.78 is 10.8. The number of hydrogen-bond donors (Lipinski definition) is 1. The fourth-order valence-electron chi connectivity index (χ4n) is 1.89. The van der Waals surface area contributed by atoms with Gasteiger partial charge in [-0.2, -0.15) is 5.26 Å². The normalized spacial score (nSPS) is 18.6. The molecule has 1 aliphatic heterocycles. The van der Waals surface area contributed by atoms with Crippen molar-refractivity contribution in [2.75, 3.05) is 18.5 Å². The van der Waals surface area contributed by atoms with Crippen LogP contribution < -0.4 is 14.8 Å². The van der Waals surface area contributed by atoms with E-state index >= 15 is 0 Å². The molecule has 0 saturated heterocycles. The second-order valence-electron chi connectivity index (χ2n) is 4.51.